The Morgan fingerprint density at radius 1 is 1.12 bits per heavy atom. The van der Waals surface area contributed by atoms with E-state index in [0.29, 0.717) is 5.92 Å². The molecule has 1 aromatic carbocycles. The Kier molecular flexibility index (Phi) is 5.88. The van der Waals surface area contributed by atoms with Crippen molar-refractivity contribution in [3.8, 4) is 10.4 Å². The van der Waals surface area contributed by atoms with Crippen LogP contribution in [0.3, 0.4) is 0 Å². The van der Waals surface area contributed by atoms with Crippen LogP contribution >= 0.6 is 11.3 Å². The molecule has 34 heavy (non-hydrogen) atoms. The molecule has 5 rings (SSSR count). The van der Waals surface area contributed by atoms with Gasteiger partial charge in [0.05, 0.1) is 16.1 Å². The normalized spacial score (nSPS) is 16.2. The van der Waals surface area contributed by atoms with Gasteiger partial charge in [-0.25, -0.2) is 9.78 Å². The highest BCUT2D eigenvalue weighted by Gasteiger charge is 2.25. The van der Waals surface area contributed by atoms with Crippen molar-refractivity contribution in [3.05, 3.63) is 42.0 Å². The summed E-state index contributed by atoms with van der Waals surface area (Å²) in [6, 6.07) is 4.43. The van der Waals surface area contributed by atoms with E-state index in [1.807, 2.05) is 37.4 Å². The summed E-state index contributed by atoms with van der Waals surface area (Å²) in [5.41, 5.74) is 4.18. The first-order chi connectivity index (χ1) is 16.2. The number of likely N-dealkylation sites (tertiary alicyclic amines) is 1. The topological polar surface area (TPSA) is 64.7 Å². The summed E-state index contributed by atoms with van der Waals surface area (Å²) in [4.78, 5) is 21.6. The lowest BCUT2D eigenvalue weighted by Gasteiger charge is -2.30. The van der Waals surface area contributed by atoms with Gasteiger partial charge in [-0.2, -0.15) is 5.10 Å². The quantitative estimate of drug-likeness (QED) is 0.346. The zero-order valence-electron chi connectivity index (χ0n) is 20.7. The number of benzene rings is 1. The van der Waals surface area contributed by atoms with Crippen molar-refractivity contribution in [3.63, 3.8) is 0 Å². The third kappa shape index (κ3) is 4.69. The zero-order chi connectivity index (χ0) is 24.0. The van der Waals surface area contributed by atoms with E-state index >= 15 is 0 Å². The number of thiazole rings is 1. The number of fused-ring (bicyclic) bond motifs is 2. The number of imidazole rings is 1. The van der Waals surface area contributed by atoms with Gasteiger partial charge in [-0.3, -0.25) is 9.08 Å². The SMILES string of the molecule is Cc1cc(-c2cn3cc(C4CCCN(C(=O)OC(C)(C)C)CCC4)nc3s2)cc2cn(C)nc12. The summed E-state index contributed by atoms with van der Waals surface area (Å²) < 4.78 is 9.60. The van der Waals surface area contributed by atoms with Crippen molar-refractivity contribution in [1.29, 1.82) is 0 Å². The maximum atomic E-state index is 12.4. The number of hydrogen-bond acceptors (Lipinski definition) is 5. The molecule has 3 aromatic heterocycles. The number of nitrogens with zero attached hydrogens (tertiary/aromatic N) is 5. The van der Waals surface area contributed by atoms with Crippen LogP contribution in [-0.4, -0.2) is 48.8 Å². The molecule has 1 fully saturated rings. The highest BCUT2D eigenvalue weighted by molar-refractivity contribution is 7.20. The van der Waals surface area contributed by atoms with Crippen LogP contribution in [0.4, 0.5) is 4.79 Å². The fraction of sp³-hybridized carbons (Fsp3) is 0.500. The van der Waals surface area contributed by atoms with Crippen LogP contribution in [0.5, 0.6) is 0 Å². The molecule has 0 unspecified atom stereocenters. The Bertz CT molecular complexity index is 1300. The summed E-state index contributed by atoms with van der Waals surface area (Å²) in [6.07, 6.45) is 10.3. The summed E-state index contributed by atoms with van der Waals surface area (Å²) >= 11 is 1.73. The third-order valence-electron chi connectivity index (χ3n) is 6.40. The first kappa shape index (κ1) is 22.9. The Balaban J connectivity index is 1.29. The lowest BCUT2D eigenvalue weighted by molar-refractivity contribution is 0.0233. The first-order valence-corrected chi connectivity index (χ1v) is 12.9. The van der Waals surface area contributed by atoms with E-state index in [-0.39, 0.29) is 6.09 Å². The Labute approximate surface area is 204 Å². The number of amides is 1. The van der Waals surface area contributed by atoms with Crippen LogP contribution in [0.2, 0.25) is 0 Å². The van der Waals surface area contributed by atoms with Crippen LogP contribution in [-0.2, 0) is 11.8 Å². The molecule has 0 saturated carbocycles. The molecule has 1 aliphatic rings. The van der Waals surface area contributed by atoms with E-state index in [4.69, 9.17) is 9.72 Å². The molecule has 0 bridgehead atoms. The third-order valence-corrected chi connectivity index (χ3v) is 7.45. The maximum Gasteiger partial charge on any atom is 0.410 e. The summed E-state index contributed by atoms with van der Waals surface area (Å²) in [6.45, 7) is 9.35. The van der Waals surface area contributed by atoms with Crippen molar-refractivity contribution in [2.75, 3.05) is 13.1 Å². The van der Waals surface area contributed by atoms with Crippen LogP contribution in [0, 0.1) is 6.92 Å². The number of ether oxygens (including phenoxy) is 1. The highest BCUT2D eigenvalue weighted by Crippen LogP contribution is 2.34. The molecule has 8 heteroatoms. The monoisotopic (exact) mass is 479 g/mol. The van der Waals surface area contributed by atoms with Crippen molar-refractivity contribution < 1.29 is 9.53 Å². The zero-order valence-corrected chi connectivity index (χ0v) is 21.5. The van der Waals surface area contributed by atoms with E-state index in [2.05, 4.69) is 47.1 Å². The van der Waals surface area contributed by atoms with Gasteiger partial charge < -0.3 is 9.64 Å². The number of carbonyl (C=O) groups is 1. The van der Waals surface area contributed by atoms with E-state index in [0.717, 1.165) is 49.3 Å². The molecule has 4 aromatic rings. The lowest BCUT2D eigenvalue weighted by Crippen LogP contribution is -2.38. The van der Waals surface area contributed by atoms with Gasteiger partial charge in [-0.1, -0.05) is 11.3 Å². The standard InChI is InChI=1S/C26H33N5O2S/c1-17-12-19(13-20-14-29(5)28-23(17)20)22-16-31-15-21(27-24(31)34-22)18-8-6-10-30(11-7-9-18)25(32)33-26(2,3)4/h12-16,18H,6-11H2,1-5H3. The summed E-state index contributed by atoms with van der Waals surface area (Å²) in [5, 5.41) is 5.73. The Morgan fingerprint density at radius 3 is 2.53 bits per heavy atom. The number of rotatable bonds is 2. The number of carbonyl (C=O) groups excluding carboxylic acids is 1. The predicted octanol–water partition coefficient (Wildman–Crippen LogP) is 6.15. The fourth-order valence-corrected chi connectivity index (χ4v) is 5.79. The summed E-state index contributed by atoms with van der Waals surface area (Å²) in [7, 11) is 1.96. The summed E-state index contributed by atoms with van der Waals surface area (Å²) in [5.74, 6) is 0.435. The molecule has 1 saturated heterocycles. The largest absolute Gasteiger partial charge is 0.444 e. The average molecular weight is 480 g/mol. The second-order valence-electron chi connectivity index (χ2n) is 10.4. The lowest BCUT2D eigenvalue weighted by atomic mass is 9.93. The molecule has 0 aliphatic carbocycles. The van der Waals surface area contributed by atoms with Gasteiger partial charge >= 0.3 is 6.09 Å². The minimum absolute atomic E-state index is 0.194. The molecular formula is C26H33N5O2S. The van der Waals surface area contributed by atoms with Crippen LogP contribution in [0.25, 0.3) is 26.3 Å². The smallest absolute Gasteiger partial charge is 0.410 e. The molecule has 180 valence electrons. The van der Waals surface area contributed by atoms with Crippen molar-refractivity contribution in [2.45, 2.75) is 64.9 Å². The van der Waals surface area contributed by atoms with Crippen LogP contribution in [0.1, 0.15) is 63.6 Å². The first-order valence-electron chi connectivity index (χ1n) is 12.1. The molecule has 1 aliphatic heterocycles. The minimum atomic E-state index is -0.453. The Morgan fingerprint density at radius 2 is 1.85 bits per heavy atom. The second kappa shape index (κ2) is 8.73. The molecule has 0 N–H and O–H groups in total. The maximum absolute atomic E-state index is 12.4. The molecule has 0 spiro atoms. The van der Waals surface area contributed by atoms with Crippen LogP contribution < -0.4 is 0 Å². The van der Waals surface area contributed by atoms with Gasteiger partial charge in [0, 0.05) is 50.0 Å². The second-order valence-corrected chi connectivity index (χ2v) is 11.4. The number of aryl methyl sites for hydroxylation is 2. The van der Waals surface area contributed by atoms with Gasteiger partial charge in [0.1, 0.15) is 5.60 Å². The van der Waals surface area contributed by atoms with E-state index in [1.54, 1.807) is 11.3 Å². The van der Waals surface area contributed by atoms with E-state index < -0.39 is 5.60 Å². The fourth-order valence-electron chi connectivity index (χ4n) is 4.83. The molecule has 1 amide bonds. The molecular weight excluding hydrogens is 446 g/mol. The van der Waals surface area contributed by atoms with Crippen LogP contribution in [0.15, 0.2) is 30.7 Å². The van der Waals surface area contributed by atoms with Crippen molar-refractivity contribution in [2.24, 2.45) is 7.05 Å². The molecule has 4 heterocycles. The van der Waals surface area contributed by atoms with Gasteiger partial charge in [0.15, 0.2) is 4.96 Å². The number of hydrogen-bond donors (Lipinski definition) is 0. The minimum Gasteiger partial charge on any atom is -0.444 e. The predicted molar refractivity (Wildman–Crippen MR) is 137 cm³/mol. The van der Waals surface area contributed by atoms with Gasteiger partial charge in [0.25, 0.3) is 0 Å². The van der Waals surface area contributed by atoms with Crippen molar-refractivity contribution >= 4 is 33.3 Å². The highest BCUT2D eigenvalue weighted by atomic mass is 32.1. The molecule has 0 atom stereocenters. The van der Waals surface area contributed by atoms with Gasteiger partial charge in [-0.05, 0) is 76.6 Å². The molecule has 0 radical (unpaired) electrons. The van der Waals surface area contributed by atoms with Crippen molar-refractivity contribution in [1.82, 2.24) is 24.1 Å². The average Bonchev–Trinajstić information content (AvgIpc) is 3.38. The number of aromatic nitrogens is 4. The van der Waals surface area contributed by atoms with E-state index in [9.17, 15) is 4.79 Å². The van der Waals surface area contributed by atoms with E-state index in [1.165, 1.54) is 27.1 Å². The Hall–Kier alpha value is -2.87. The van der Waals surface area contributed by atoms with Gasteiger partial charge in [0.2, 0.25) is 0 Å². The van der Waals surface area contributed by atoms with Gasteiger partial charge in [-0.15, -0.1) is 0 Å². The molecule has 7 nitrogen and oxygen atoms in total.